The molecule has 0 unspecified atom stereocenters. The third kappa shape index (κ3) is 2.52. The van der Waals surface area contributed by atoms with Gasteiger partial charge < -0.3 is 0 Å². The minimum Gasteiger partial charge on any atom is -0.299 e. The van der Waals surface area contributed by atoms with E-state index < -0.39 is 23.4 Å². The molecular weight excluding hydrogens is 190 g/mol. The number of carbonyl (C=O) groups is 2. The highest BCUT2D eigenvalue weighted by molar-refractivity contribution is 6.33. The van der Waals surface area contributed by atoms with Gasteiger partial charge in [0.1, 0.15) is 5.78 Å². The molecule has 0 N–H and O–H groups in total. The molecule has 0 aromatic carbocycles. The highest BCUT2D eigenvalue weighted by Crippen LogP contribution is 2.32. The molecule has 0 bridgehead atoms. The van der Waals surface area contributed by atoms with Crippen molar-refractivity contribution in [3.8, 4) is 0 Å². The molecule has 0 aromatic rings. The minimum atomic E-state index is -3.88. The highest BCUT2D eigenvalue weighted by Gasteiger charge is 2.39. The van der Waals surface area contributed by atoms with E-state index in [1.54, 1.807) is 0 Å². The number of ketones is 2. The number of carbonyl (C=O) groups excluding carboxylic acids is 2. The van der Waals surface area contributed by atoms with E-state index in [1.165, 1.54) is 0 Å². The van der Waals surface area contributed by atoms with Crippen molar-refractivity contribution in [3.63, 3.8) is 0 Å². The first kappa shape index (κ1) is 9.58. The van der Waals surface area contributed by atoms with Crippen LogP contribution in [0.5, 0.6) is 0 Å². The largest absolute Gasteiger partial charge is 0.380 e. The van der Waals surface area contributed by atoms with Crippen LogP contribution in [0.4, 0.5) is 8.78 Å². The molecule has 0 saturated heterocycles. The van der Waals surface area contributed by atoms with Gasteiger partial charge >= 0.3 is 5.38 Å². The van der Waals surface area contributed by atoms with E-state index in [-0.39, 0.29) is 5.92 Å². The molecule has 1 saturated carbocycles. The van der Waals surface area contributed by atoms with E-state index in [1.807, 2.05) is 0 Å². The number of rotatable bonds is 4. The second kappa shape index (κ2) is 3.09. The van der Waals surface area contributed by atoms with Crippen LogP contribution in [-0.2, 0) is 9.59 Å². The van der Waals surface area contributed by atoms with E-state index in [2.05, 4.69) is 11.6 Å². The number of halogens is 3. The molecule has 1 rings (SSSR count). The molecule has 12 heavy (non-hydrogen) atoms. The first-order chi connectivity index (χ1) is 5.41. The smallest absolute Gasteiger partial charge is 0.299 e. The molecule has 0 aliphatic heterocycles. The molecule has 0 atom stereocenters. The quantitative estimate of drug-likeness (QED) is 0.507. The summed E-state index contributed by atoms with van der Waals surface area (Å²) in [5.41, 5.74) is 0. The lowest BCUT2D eigenvalue weighted by molar-refractivity contribution is -0.137. The predicted molar refractivity (Wildman–Crippen MR) is 38.2 cm³/mol. The zero-order valence-electron chi connectivity index (χ0n) is 6.15. The number of hydrogen-bond donors (Lipinski definition) is 0. The monoisotopic (exact) mass is 196 g/mol. The SMILES string of the molecule is O=C(CC(=O)C(F)(F)Cl)C1CC1. The Bertz CT molecular complexity index is 218. The van der Waals surface area contributed by atoms with Crippen LogP contribution in [0.1, 0.15) is 19.3 Å². The Morgan fingerprint density at radius 3 is 2.25 bits per heavy atom. The van der Waals surface area contributed by atoms with Crippen LogP contribution >= 0.6 is 11.6 Å². The summed E-state index contributed by atoms with van der Waals surface area (Å²) >= 11 is 4.42. The molecule has 1 aliphatic carbocycles. The van der Waals surface area contributed by atoms with Crippen molar-refractivity contribution < 1.29 is 18.4 Å². The normalized spacial score (nSPS) is 17.6. The Labute approximate surface area is 72.9 Å². The van der Waals surface area contributed by atoms with Crippen molar-refractivity contribution in [2.45, 2.75) is 24.6 Å². The second-order valence-corrected chi connectivity index (χ2v) is 3.31. The van der Waals surface area contributed by atoms with Gasteiger partial charge in [-0.05, 0) is 24.4 Å². The van der Waals surface area contributed by atoms with Gasteiger partial charge in [-0.15, -0.1) is 0 Å². The van der Waals surface area contributed by atoms with Crippen molar-refractivity contribution in [2.75, 3.05) is 0 Å². The van der Waals surface area contributed by atoms with Gasteiger partial charge in [-0.3, -0.25) is 9.59 Å². The zero-order chi connectivity index (χ0) is 9.35. The summed E-state index contributed by atoms with van der Waals surface area (Å²) in [6, 6.07) is 0. The van der Waals surface area contributed by atoms with Gasteiger partial charge in [-0.25, -0.2) is 0 Å². The minimum absolute atomic E-state index is 0.173. The molecule has 0 aromatic heterocycles. The summed E-state index contributed by atoms with van der Waals surface area (Å²) in [7, 11) is 0. The van der Waals surface area contributed by atoms with Crippen LogP contribution in [-0.4, -0.2) is 16.9 Å². The maximum Gasteiger partial charge on any atom is 0.380 e. The van der Waals surface area contributed by atoms with Gasteiger partial charge in [-0.2, -0.15) is 8.78 Å². The highest BCUT2D eigenvalue weighted by atomic mass is 35.5. The van der Waals surface area contributed by atoms with Gasteiger partial charge in [0.25, 0.3) is 0 Å². The maximum absolute atomic E-state index is 12.0. The van der Waals surface area contributed by atoms with Crippen molar-refractivity contribution in [2.24, 2.45) is 5.92 Å². The van der Waals surface area contributed by atoms with Crippen molar-refractivity contribution in [1.29, 1.82) is 0 Å². The molecule has 2 nitrogen and oxygen atoms in total. The number of hydrogen-bond acceptors (Lipinski definition) is 2. The second-order valence-electron chi connectivity index (χ2n) is 2.84. The van der Waals surface area contributed by atoms with Gasteiger partial charge in [0.2, 0.25) is 5.78 Å². The third-order valence-electron chi connectivity index (χ3n) is 1.68. The average Bonchev–Trinajstić information content (AvgIpc) is 2.65. The fourth-order valence-electron chi connectivity index (χ4n) is 0.808. The molecule has 0 radical (unpaired) electrons. The third-order valence-corrected chi connectivity index (χ3v) is 1.89. The molecular formula is C7H7ClF2O2. The first-order valence-electron chi connectivity index (χ1n) is 3.54. The number of Topliss-reactive ketones (excluding diaryl/α,β-unsaturated/α-hetero) is 2. The topological polar surface area (TPSA) is 34.1 Å². The van der Waals surface area contributed by atoms with Crippen LogP contribution in [0.15, 0.2) is 0 Å². The van der Waals surface area contributed by atoms with E-state index >= 15 is 0 Å². The van der Waals surface area contributed by atoms with Crippen LogP contribution in [0.2, 0.25) is 0 Å². The molecule has 0 amide bonds. The lowest BCUT2D eigenvalue weighted by atomic mass is 10.1. The van der Waals surface area contributed by atoms with Gasteiger partial charge in [0, 0.05) is 5.92 Å². The van der Waals surface area contributed by atoms with Crippen molar-refractivity contribution in [3.05, 3.63) is 0 Å². The van der Waals surface area contributed by atoms with Gasteiger partial charge in [0.05, 0.1) is 6.42 Å². The fraction of sp³-hybridized carbons (Fsp3) is 0.714. The average molecular weight is 197 g/mol. The van der Waals surface area contributed by atoms with Crippen molar-refractivity contribution in [1.82, 2.24) is 0 Å². The van der Waals surface area contributed by atoms with Gasteiger partial charge in [0.15, 0.2) is 0 Å². The summed E-state index contributed by atoms with van der Waals surface area (Å²) in [5.74, 6) is -2.09. The van der Waals surface area contributed by atoms with Crippen LogP contribution in [0.25, 0.3) is 0 Å². The zero-order valence-corrected chi connectivity index (χ0v) is 6.90. The van der Waals surface area contributed by atoms with E-state index in [0.717, 1.165) is 0 Å². The lowest BCUT2D eigenvalue weighted by Gasteiger charge is -2.04. The van der Waals surface area contributed by atoms with Crippen molar-refractivity contribution >= 4 is 23.2 Å². The molecule has 1 fully saturated rings. The van der Waals surface area contributed by atoms with Crippen LogP contribution < -0.4 is 0 Å². The Morgan fingerprint density at radius 2 is 1.92 bits per heavy atom. The first-order valence-corrected chi connectivity index (χ1v) is 3.92. The van der Waals surface area contributed by atoms with Crippen LogP contribution in [0, 0.1) is 5.92 Å². The molecule has 0 spiro atoms. The maximum atomic E-state index is 12.0. The Kier molecular flexibility index (Phi) is 2.46. The summed E-state index contributed by atoms with van der Waals surface area (Å²) in [6.07, 6.45) is 0.682. The molecule has 1 aliphatic rings. The summed E-state index contributed by atoms with van der Waals surface area (Å²) in [5, 5.41) is -3.88. The van der Waals surface area contributed by atoms with Crippen LogP contribution in [0.3, 0.4) is 0 Å². The fourth-order valence-corrected chi connectivity index (χ4v) is 0.875. The van der Waals surface area contributed by atoms with E-state index in [0.29, 0.717) is 12.8 Å². The standard InChI is InChI=1S/C7H7ClF2O2/c8-7(9,10)6(12)3-5(11)4-1-2-4/h4H,1-3H2. The number of alkyl halides is 3. The predicted octanol–water partition coefficient (Wildman–Crippen LogP) is 1.76. The summed E-state index contributed by atoms with van der Waals surface area (Å²) in [4.78, 5) is 21.4. The Hall–Kier alpha value is -0.510. The summed E-state index contributed by atoms with van der Waals surface area (Å²) < 4.78 is 24.0. The van der Waals surface area contributed by atoms with E-state index in [9.17, 15) is 18.4 Å². The lowest BCUT2D eigenvalue weighted by Crippen LogP contribution is -2.24. The summed E-state index contributed by atoms with van der Waals surface area (Å²) in [6.45, 7) is 0. The molecule has 68 valence electrons. The molecule has 5 heteroatoms. The van der Waals surface area contributed by atoms with E-state index in [4.69, 9.17) is 0 Å². The molecule has 0 heterocycles. The van der Waals surface area contributed by atoms with Gasteiger partial charge in [-0.1, -0.05) is 0 Å². The Morgan fingerprint density at radius 1 is 1.42 bits per heavy atom. The Balaban J connectivity index is 2.40.